The fourth-order valence-electron chi connectivity index (χ4n) is 1.69. The molecular formula is C13H19NO4. The first-order chi connectivity index (χ1) is 8.17. The van der Waals surface area contributed by atoms with E-state index in [0.717, 1.165) is 0 Å². The lowest BCUT2D eigenvalue weighted by molar-refractivity contribution is 0.0480. The van der Waals surface area contributed by atoms with Gasteiger partial charge in [0.1, 0.15) is 11.3 Å². The van der Waals surface area contributed by atoms with Gasteiger partial charge in [0.2, 0.25) is 0 Å². The molecule has 0 aliphatic rings. The molecule has 100 valence electrons. The number of esters is 1. The predicted octanol–water partition coefficient (Wildman–Crippen LogP) is 2.67. The molecule has 0 aromatic carbocycles. The van der Waals surface area contributed by atoms with Gasteiger partial charge in [0.05, 0.1) is 7.11 Å². The van der Waals surface area contributed by atoms with Gasteiger partial charge < -0.3 is 9.47 Å². The Morgan fingerprint density at radius 2 is 1.78 bits per heavy atom. The zero-order chi connectivity index (χ0) is 14.1. The Morgan fingerprint density at radius 1 is 1.22 bits per heavy atom. The van der Waals surface area contributed by atoms with Crippen molar-refractivity contribution in [1.82, 2.24) is 4.57 Å². The van der Waals surface area contributed by atoms with Gasteiger partial charge in [0.25, 0.3) is 0 Å². The zero-order valence-corrected chi connectivity index (χ0v) is 11.7. The highest BCUT2D eigenvalue weighted by Gasteiger charge is 2.26. The van der Waals surface area contributed by atoms with E-state index in [1.807, 2.05) is 0 Å². The Morgan fingerprint density at radius 3 is 2.22 bits per heavy atom. The van der Waals surface area contributed by atoms with Crippen molar-refractivity contribution >= 4 is 12.1 Å². The lowest BCUT2D eigenvalue weighted by Gasteiger charge is -2.21. The van der Waals surface area contributed by atoms with Gasteiger partial charge in [0, 0.05) is 5.69 Å². The molecule has 1 rings (SSSR count). The van der Waals surface area contributed by atoms with Crippen LogP contribution in [0.5, 0.6) is 0 Å². The molecule has 1 aromatic rings. The van der Waals surface area contributed by atoms with Crippen LogP contribution in [-0.4, -0.2) is 29.3 Å². The summed E-state index contributed by atoms with van der Waals surface area (Å²) in [6.45, 7) is 8.81. The van der Waals surface area contributed by atoms with Crippen molar-refractivity contribution in [3.63, 3.8) is 0 Å². The second-order valence-corrected chi connectivity index (χ2v) is 5.12. The third-order valence-electron chi connectivity index (χ3n) is 2.33. The Balaban J connectivity index is 3.23. The zero-order valence-electron chi connectivity index (χ0n) is 11.7. The van der Waals surface area contributed by atoms with Crippen molar-refractivity contribution < 1.29 is 19.1 Å². The van der Waals surface area contributed by atoms with Gasteiger partial charge in [-0.1, -0.05) is 0 Å². The summed E-state index contributed by atoms with van der Waals surface area (Å²) < 4.78 is 11.2. The molecule has 5 nitrogen and oxygen atoms in total. The Hall–Kier alpha value is -1.78. The van der Waals surface area contributed by atoms with Crippen molar-refractivity contribution in [2.75, 3.05) is 7.11 Å². The first-order valence-corrected chi connectivity index (χ1v) is 5.68. The lowest BCUT2D eigenvalue weighted by Crippen LogP contribution is -2.29. The molecule has 0 amide bonds. The molecule has 0 unspecified atom stereocenters. The molecule has 18 heavy (non-hydrogen) atoms. The van der Waals surface area contributed by atoms with Gasteiger partial charge in [0.15, 0.2) is 0 Å². The second-order valence-electron chi connectivity index (χ2n) is 5.12. The maximum atomic E-state index is 12.1. The van der Waals surface area contributed by atoms with Crippen LogP contribution in [0.25, 0.3) is 0 Å². The molecule has 0 N–H and O–H groups in total. The quantitative estimate of drug-likeness (QED) is 0.722. The number of aryl methyl sites for hydroxylation is 2. The average Bonchev–Trinajstić information content (AvgIpc) is 2.49. The van der Waals surface area contributed by atoms with E-state index >= 15 is 0 Å². The maximum absolute atomic E-state index is 12.1. The number of nitrogens with zero attached hydrogens (tertiary/aromatic N) is 1. The standard InChI is InChI=1S/C13H19NO4/c1-8-7-9(2)14(10(8)11(15)17-6)12(16)18-13(3,4)5/h7H,1-6H3. The number of hydrogen-bond donors (Lipinski definition) is 0. The monoisotopic (exact) mass is 253 g/mol. The first kappa shape index (κ1) is 14.3. The molecule has 0 bridgehead atoms. The summed E-state index contributed by atoms with van der Waals surface area (Å²) in [6, 6.07) is 1.75. The van der Waals surface area contributed by atoms with Crippen molar-refractivity contribution in [2.45, 2.75) is 40.2 Å². The highest BCUT2D eigenvalue weighted by molar-refractivity contribution is 5.94. The maximum Gasteiger partial charge on any atom is 0.419 e. The van der Waals surface area contributed by atoms with Gasteiger partial charge >= 0.3 is 12.1 Å². The molecule has 0 atom stereocenters. The van der Waals surface area contributed by atoms with Crippen LogP contribution in [0.3, 0.4) is 0 Å². The normalized spacial score (nSPS) is 11.2. The van der Waals surface area contributed by atoms with Crippen molar-refractivity contribution in [3.05, 3.63) is 23.0 Å². The number of hydrogen-bond acceptors (Lipinski definition) is 4. The number of carbonyl (C=O) groups excluding carboxylic acids is 2. The Kier molecular flexibility index (Phi) is 3.84. The number of aromatic nitrogens is 1. The summed E-state index contributed by atoms with van der Waals surface area (Å²) in [6.07, 6.45) is -0.575. The lowest BCUT2D eigenvalue weighted by atomic mass is 10.2. The summed E-state index contributed by atoms with van der Waals surface area (Å²) in [5.41, 5.74) is 0.923. The molecule has 0 aliphatic heterocycles. The minimum absolute atomic E-state index is 0.212. The van der Waals surface area contributed by atoms with E-state index in [9.17, 15) is 9.59 Å². The van der Waals surface area contributed by atoms with Gasteiger partial charge in [-0.3, -0.25) is 0 Å². The second kappa shape index (κ2) is 4.84. The summed E-state index contributed by atoms with van der Waals surface area (Å²) in [5.74, 6) is -0.550. The SMILES string of the molecule is COC(=O)c1c(C)cc(C)n1C(=O)OC(C)(C)C. The first-order valence-electron chi connectivity index (χ1n) is 5.68. The molecule has 0 radical (unpaired) electrons. The van der Waals surface area contributed by atoms with Crippen LogP contribution in [0.2, 0.25) is 0 Å². The topological polar surface area (TPSA) is 57.5 Å². The number of carbonyl (C=O) groups is 2. The fourth-order valence-corrected chi connectivity index (χ4v) is 1.69. The van der Waals surface area contributed by atoms with Gasteiger partial charge in [-0.15, -0.1) is 0 Å². The number of ether oxygens (including phenoxy) is 2. The summed E-state index contributed by atoms with van der Waals surface area (Å²) in [4.78, 5) is 23.8. The summed E-state index contributed by atoms with van der Waals surface area (Å²) in [7, 11) is 1.28. The Labute approximate surface area is 107 Å². The highest BCUT2D eigenvalue weighted by atomic mass is 16.6. The van der Waals surface area contributed by atoms with Crippen LogP contribution in [0.4, 0.5) is 4.79 Å². The van der Waals surface area contributed by atoms with Crippen molar-refractivity contribution in [1.29, 1.82) is 0 Å². The predicted molar refractivity (Wildman–Crippen MR) is 66.9 cm³/mol. The minimum atomic E-state index is -0.616. The Bertz CT molecular complexity index is 480. The summed E-state index contributed by atoms with van der Waals surface area (Å²) >= 11 is 0. The van der Waals surface area contributed by atoms with Gasteiger partial charge in [-0.05, 0) is 46.2 Å². The smallest absolute Gasteiger partial charge is 0.419 e. The van der Waals surface area contributed by atoms with E-state index in [-0.39, 0.29) is 5.69 Å². The number of rotatable bonds is 1. The number of methoxy groups -OCH3 is 1. The third-order valence-corrected chi connectivity index (χ3v) is 2.33. The molecule has 0 fully saturated rings. The van der Waals surface area contributed by atoms with Crippen LogP contribution in [0, 0.1) is 13.8 Å². The van der Waals surface area contributed by atoms with E-state index in [0.29, 0.717) is 11.3 Å². The summed E-state index contributed by atoms with van der Waals surface area (Å²) in [5, 5.41) is 0. The van der Waals surface area contributed by atoms with Crippen molar-refractivity contribution in [2.24, 2.45) is 0 Å². The van der Waals surface area contributed by atoms with E-state index in [4.69, 9.17) is 4.74 Å². The molecule has 0 spiro atoms. The average molecular weight is 253 g/mol. The minimum Gasteiger partial charge on any atom is -0.464 e. The highest BCUT2D eigenvalue weighted by Crippen LogP contribution is 2.18. The van der Waals surface area contributed by atoms with E-state index in [1.54, 1.807) is 40.7 Å². The van der Waals surface area contributed by atoms with Crippen LogP contribution in [-0.2, 0) is 9.47 Å². The molecule has 1 aromatic heterocycles. The van der Waals surface area contributed by atoms with E-state index < -0.39 is 17.7 Å². The van der Waals surface area contributed by atoms with Crippen LogP contribution in [0.1, 0.15) is 42.5 Å². The molecule has 1 heterocycles. The van der Waals surface area contributed by atoms with Crippen LogP contribution < -0.4 is 0 Å². The molecular weight excluding hydrogens is 234 g/mol. The third kappa shape index (κ3) is 2.91. The molecule has 0 aliphatic carbocycles. The van der Waals surface area contributed by atoms with Crippen LogP contribution in [0.15, 0.2) is 6.07 Å². The molecule has 0 saturated heterocycles. The van der Waals surface area contributed by atoms with Gasteiger partial charge in [-0.25, -0.2) is 14.2 Å². The van der Waals surface area contributed by atoms with Gasteiger partial charge in [-0.2, -0.15) is 0 Å². The van der Waals surface area contributed by atoms with Crippen molar-refractivity contribution in [3.8, 4) is 0 Å². The molecule has 5 heteroatoms. The van der Waals surface area contributed by atoms with Crippen LogP contribution >= 0.6 is 0 Å². The molecule has 0 saturated carbocycles. The van der Waals surface area contributed by atoms with E-state index in [1.165, 1.54) is 11.7 Å². The fraction of sp³-hybridized carbons (Fsp3) is 0.538. The largest absolute Gasteiger partial charge is 0.464 e. The van der Waals surface area contributed by atoms with E-state index in [2.05, 4.69) is 4.74 Å².